The van der Waals surface area contributed by atoms with Crippen molar-refractivity contribution in [3.05, 3.63) is 47.9 Å². The molecule has 0 bridgehead atoms. The lowest BCUT2D eigenvalue weighted by Crippen LogP contribution is -2.23. The Morgan fingerprint density at radius 3 is 3.00 bits per heavy atom. The molecule has 1 aliphatic heterocycles. The number of benzene rings is 1. The van der Waals surface area contributed by atoms with Gasteiger partial charge in [-0.1, -0.05) is 6.07 Å². The zero-order chi connectivity index (χ0) is 14.0. The Bertz CT molecular complexity index is 693. The molecule has 2 N–H and O–H groups in total. The summed E-state index contributed by atoms with van der Waals surface area (Å²) in [6.07, 6.45) is 5.12. The molecule has 6 heteroatoms. The summed E-state index contributed by atoms with van der Waals surface area (Å²) in [6, 6.07) is 6.97. The van der Waals surface area contributed by atoms with Gasteiger partial charge in [-0.25, -0.2) is 13.1 Å². The molecule has 0 unspecified atom stereocenters. The molecule has 0 spiro atoms. The molecule has 0 fully saturated rings. The van der Waals surface area contributed by atoms with E-state index in [-0.39, 0.29) is 11.4 Å². The number of aryl methyl sites for hydroxylation is 1. The van der Waals surface area contributed by atoms with E-state index in [1.165, 1.54) is 18.1 Å². The number of nitrogens with one attached hydrogen (secondary N) is 2. The van der Waals surface area contributed by atoms with Crippen LogP contribution < -0.4 is 10.0 Å². The third kappa shape index (κ3) is 2.71. The van der Waals surface area contributed by atoms with Crippen LogP contribution in [-0.2, 0) is 23.0 Å². The van der Waals surface area contributed by atoms with Crippen LogP contribution in [0.25, 0.3) is 0 Å². The van der Waals surface area contributed by atoms with E-state index in [9.17, 15) is 8.42 Å². The number of hydrogen-bond donors (Lipinski definition) is 2. The molecule has 0 radical (unpaired) electrons. The van der Waals surface area contributed by atoms with Crippen LogP contribution in [0.3, 0.4) is 0 Å². The maximum Gasteiger partial charge on any atom is 0.240 e. The molecule has 3 rings (SSSR count). The largest absolute Gasteiger partial charge is 0.472 e. The SMILES string of the molecule is O=S(=O)(NCc1ccoc1)c1ccc2c(c1)NCCC2. The Labute approximate surface area is 118 Å². The molecule has 0 saturated heterocycles. The number of hydrogen-bond acceptors (Lipinski definition) is 4. The van der Waals surface area contributed by atoms with Crippen LogP contribution in [0.4, 0.5) is 5.69 Å². The van der Waals surface area contributed by atoms with Crippen LogP contribution in [0, 0.1) is 0 Å². The molecule has 5 nitrogen and oxygen atoms in total. The minimum Gasteiger partial charge on any atom is -0.472 e. The summed E-state index contributed by atoms with van der Waals surface area (Å²) in [7, 11) is -3.50. The minimum absolute atomic E-state index is 0.226. The molecule has 1 aliphatic rings. The molecule has 20 heavy (non-hydrogen) atoms. The minimum atomic E-state index is -3.50. The smallest absolute Gasteiger partial charge is 0.240 e. The van der Waals surface area contributed by atoms with E-state index in [0.29, 0.717) is 0 Å². The van der Waals surface area contributed by atoms with E-state index in [0.717, 1.165) is 30.6 Å². The molecule has 1 aromatic heterocycles. The fraction of sp³-hybridized carbons (Fsp3) is 0.286. The van der Waals surface area contributed by atoms with Crippen molar-refractivity contribution in [2.75, 3.05) is 11.9 Å². The Kier molecular flexibility index (Phi) is 3.50. The molecule has 0 amide bonds. The highest BCUT2D eigenvalue weighted by Crippen LogP contribution is 2.25. The monoisotopic (exact) mass is 292 g/mol. The molecule has 0 saturated carbocycles. The lowest BCUT2D eigenvalue weighted by atomic mass is 10.0. The Hall–Kier alpha value is -1.79. The van der Waals surface area contributed by atoms with Gasteiger partial charge in [0.15, 0.2) is 0 Å². The van der Waals surface area contributed by atoms with Gasteiger partial charge in [0.05, 0.1) is 17.4 Å². The summed E-state index contributed by atoms with van der Waals surface area (Å²) in [5.41, 5.74) is 2.89. The highest BCUT2D eigenvalue weighted by molar-refractivity contribution is 7.89. The first-order valence-corrected chi connectivity index (χ1v) is 8.01. The molecular formula is C14H16N2O3S. The van der Waals surface area contributed by atoms with Crippen molar-refractivity contribution < 1.29 is 12.8 Å². The van der Waals surface area contributed by atoms with Gasteiger partial charge >= 0.3 is 0 Å². The van der Waals surface area contributed by atoms with Crippen molar-refractivity contribution in [1.29, 1.82) is 0 Å². The zero-order valence-corrected chi connectivity index (χ0v) is 11.7. The molecule has 0 atom stereocenters. The molecule has 0 aliphatic carbocycles. The Morgan fingerprint density at radius 2 is 2.20 bits per heavy atom. The van der Waals surface area contributed by atoms with Crippen molar-refractivity contribution >= 4 is 15.7 Å². The number of sulfonamides is 1. The average Bonchev–Trinajstić information content (AvgIpc) is 2.98. The number of anilines is 1. The van der Waals surface area contributed by atoms with E-state index in [4.69, 9.17) is 4.42 Å². The van der Waals surface area contributed by atoms with Gasteiger partial charge in [-0.3, -0.25) is 0 Å². The summed E-state index contributed by atoms with van der Waals surface area (Å²) >= 11 is 0. The van der Waals surface area contributed by atoms with Gasteiger partial charge in [-0.15, -0.1) is 0 Å². The average molecular weight is 292 g/mol. The second kappa shape index (κ2) is 5.30. The highest BCUT2D eigenvalue weighted by atomic mass is 32.2. The van der Waals surface area contributed by atoms with Crippen molar-refractivity contribution in [3.8, 4) is 0 Å². The van der Waals surface area contributed by atoms with Gasteiger partial charge in [-0.05, 0) is 36.6 Å². The normalized spacial score (nSPS) is 14.6. The van der Waals surface area contributed by atoms with Gasteiger partial charge < -0.3 is 9.73 Å². The predicted octanol–water partition coefficient (Wildman–Crippen LogP) is 2.12. The summed E-state index contributed by atoms with van der Waals surface area (Å²) in [5, 5.41) is 3.24. The lowest BCUT2D eigenvalue weighted by Gasteiger charge is -2.18. The first-order valence-electron chi connectivity index (χ1n) is 6.53. The highest BCUT2D eigenvalue weighted by Gasteiger charge is 2.17. The standard InChI is InChI=1S/C14H16N2O3S/c17-20(18,16-9-11-5-7-19-10-11)13-4-3-12-2-1-6-15-14(12)8-13/h3-5,7-8,10,15-16H,1-2,6,9H2. The second-order valence-electron chi connectivity index (χ2n) is 4.81. The van der Waals surface area contributed by atoms with Crippen molar-refractivity contribution in [2.45, 2.75) is 24.3 Å². The number of furan rings is 1. The van der Waals surface area contributed by atoms with E-state index >= 15 is 0 Å². The molecule has 106 valence electrons. The van der Waals surface area contributed by atoms with Crippen LogP contribution in [0.15, 0.2) is 46.1 Å². The van der Waals surface area contributed by atoms with E-state index in [1.54, 1.807) is 18.2 Å². The fourth-order valence-electron chi connectivity index (χ4n) is 2.26. The second-order valence-corrected chi connectivity index (χ2v) is 6.57. The van der Waals surface area contributed by atoms with Gasteiger partial charge in [0.1, 0.15) is 0 Å². The first kappa shape index (κ1) is 13.2. The third-order valence-corrected chi connectivity index (χ3v) is 4.78. The maximum absolute atomic E-state index is 12.2. The summed E-state index contributed by atoms with van der Waals surface area (Å²) in [4.78, 5) is 0.286. The summed E-state index contributed by atoms with van der Waals surface area (Å²) in [5.74, 6) is 0. The van der Waals surface area contributed by atoms with E-state index < -0.39 is 10.0 Å². The molecule has 2 heterocycles. The van der Waals surface area contributed by atoms with Crippen molar-refractivity contribution in [2.24, 2.45) is 0 Å². The molecule has 1 aromatic carbocycles. The third-order valence-electron chi connectivity index (χ3n) is 3.38. The van der Waals surface area contributed by atoms with Gasteiger partial charge in [-0.2, -0.15) is 0 Å². The summed E-state index contributed by atoms with van der Waals surface area (Å²) in [6.45, 7) is 1.11. The summed E-state index contributed by atoms with van der Waals surface area (Å²) < 4.78 is 32.0. The number of rotatable bonds is 4. The fourth-order valence-corrected chi connectivity index (χ4v) is 3.31. The van der Waals surface area contributed by atoms with Crippen LogP contribution in [0.5, 0.6) is 0 Å². The molecular weight excluding hydrogens is 276 g/mol. The van der Waals surface area contributed by atoms with Crippen LogP contribution in [0.1, 0.15) is 17.5 Å². The quantitative estimate of drug-likeness (QED) is 0.905. The van der Waals surface area contributed by atoms with E-state index in [2.05, 4.69) is 10.0 Å². The zero-order valence-electron chi connectivity index (χ0n) is 10.9. The number of fused-ring (bicyclic) bond motifs is 1. The maximum atomic E-state index is 12.2. The van der Waals surface area contributed by atoms with Gasteiger partial charge in [0.2, 0.25) is 10.0 Å². The topological polar surface area (TPSA) is 71.3 Å². The predicted molar refractivity (Wildman–Crippen MR) is 76.0 cm³/mol. The van der Waals surface area contributed by atoms with Crippen LogP contribution >= 0.6 is 0 Å². The van der Waals surface area contributed by atoms with Gasteiger partial charge in [0, 0.05) is 24.3 Å². The van der Waals surface area contributed by atoms with E-state index in [1.807, 2.05) is 6.07 Å². The Balaban J connectivity index is 1.80. The van der Waals surface area contributed by atoms with Crippen LogP contribution in [0.2, 0.25) is 0 Å². The molecule has 2 aromatic rings. The van der Waals surface area contributed by atoms with Crippen LogP contribution in [-0.4, -0.2) is 15.0 Å². The van der Waals surface area contributed by atoms with Gasteiger partial charge in [0.25, 0.3) is 0 Å². The van der Waals surface area contributed by atoms with Crippen molar-refractivity contribution in [3.63, 3.8) is 0 Å². The first-order chi connectivity index (χ1) is 9.65. The van der Waals surface area contributed by atoms with Crippen molar-refractivity contribution in [1.82, 2.24) is 4.72 Å². The Morgan fingerprint density at radius 1 is 1.30 bits per heavy atom. The lowest BCUT2D eigenvalue weighted by molar-refractivity contribution is 0.561.